The molecule has 0 saturated carbocycles. The summed E-state index contributed by atoms with van der Waals surface area (Å²) in [6.45, 7) is 2.06. The van der Waals surface area contributed by atoms with E-state index in [1.807, 2.05) is 13.0 Å². The van der Waals surface area contributed by atoms with Crippen molar-refractivity contribution in [2.75, 3.05) is 25.0 Å². The van der Waals surface area contributed by atoms with Gasteiger partial charge in [0.05, 0.1) is 17.1 Å². The summed E-state index contributed by atoms with van der Waals surface area (Å²) >= 11 is 6.31. The van der Waals surface area contributed by atoms with Gasteiger partial charge in [0.15, 0.2) is 0 Å². The summed E-state index contributed by atoms with van der Waals surface area (Å²) in [4.78, 5) is 42.7. The Morgan fingerprint density at radius 3 is 2.87 bits per heavy atom. The van der Waals surface area contributed by atoms with Crippen LogP contribution in [0.1, 0.15) is 24.0 Å². The summed E-state index contributed by atoms with van der Waals surface area (Å²) in [7, 11) is 0. The van der Waals surface area contributed by atoms with Crippen LogP contribution in [-0.2, 0) is 9.59 Å². The molecule has 1 aliphatic heterocycles. The Morgan fingerprint density at radius 1 is 1.40 bits per heavy atom. The fourth-order valence-corrected chi connectivity index (χ4v) is 4.25. The SMILES string of the molecule is Cc1cccn2c(=O)c(C=C3SC(=S)N(CCCC(=O)O)C3=O)c(NCCO)nc12. The number of carboxylic acid groups (broad SMARTS) is 1. The highest BCUT2D eigenvalue weighted by atomic mass is 32.2. The van der Waals surface area contributed by atoms with Crippen LogP contribution in [0.4, 0.5) is 5.82 Å². The lowest BCUT2D eigenvalue weighted by Gasteiger charge is -2.13. The number of aliphatic carboxylic acids is 1. The van der Waals surface area contributed by atoms with Crippen LogP contribution in [0.2, 0.25) is 0 Å². The Morgan fingerprint density at radius 2 is 2.17 bits per heavy atom. The molecule has 0 radical (unpaired) electrons. The van der Waals surface area contributed by atoms with Crippen molar-refractivity contribution in [3.05, 3.63) is 44.7 Å². The minimum Gasteiger partial charge on any atom is -0.481 e. The van der Waals surface area contributed by atoms with Crippen LogP contribution in [0.25, 0.3) is 11.7 Å². The van der Waals surface area contributed by atoms with Crippen LogP contribution < -0.4 is 10.9 Å². The zero-order valence-electron chi connectivity index (χ0n) is 16.1. The van der Waals surface area contributed by atoms with Gasteiger partial charge in [-0.15, -0.1) is 0 Å². The third kappa shape index (κ3) is 4.53. The van der Waals surface area contributed by atoms with Gasteiger partial charge in [0.2, 0.25) is 0 Å². The number of aryl methyl sites for hydroxylation is 1. The fourth-order valence-electron chi connectivity index (χ4n) is 2.96. The second-order valence-electron chi connectivity index (χ2n) is 6.55. The van der Waals surface area contributed by atoms with Gasteiger partial charge in [0, 0.05) is 25.7 Å². The number of rotatable bonds is 8. The number of aliphatic hydroxyl groups is 1. The largest absolute Gasteiger partial charge is 0.481 e. The monoisotopic (exact) mass is 448 g/mol. The van der Waals surface area contributed by atoms with Crippen molar-refractivity contribution in [3.63, 3.8) is 0 Å². The first-order valence-corrected chi connectivity index (χ1v) is 10.4. The number of carboxylic acids is 1. The van der Waals surface area contributed by atoms with Gasteiger partial charge in [-0.25, -0.2) is 4.98 Å². The number of thioether (sulfide) groups is 1. The van der Waals surface area contributed by atoms with Crippen molar-refractivity contribution in [1.82, 2.24) is 14.3 Å². The predicted octanol–water partition coefficient (Wildman–Crippen LogP) is 1.47. The molecule has 1 saturated heterocycles. The minimum atomic E-state index is -0.943. The maximum Gasteiger partial charge on any atom is 0.303 e. The van der Waals surface area contributed by atoms with Gasteiger partial charge in [0.1, 0.15) is 15.8 Å². The summed E-state index contributed by atoms with van der Waals surface area (Å²) in [6.07, 6.45) is 3.25. The molecular weight excluding hydrogens is 428 g/mol. The number of fused-ring (bicyclic) bond motifs is 1. The van der Waals surface area contributed by atoms with E-state index in [-0.39, 0.29) is 60.3 Å². The van der Waals surface area contributed by atoms with Gasteiger partial charge in [-0.2, -0.15) is 0 Å². The predicted molar refractivity (Wildman–Crippen MR) is 119 cm³/mol. The number of aliphatic hydroxyl groups excluding tert-OH is 1. The Labute approximate surface area is 181 Å². The molecule has 3 heterocycles. The molecule has 0 aliphatic carbocycles. The Balaban J connectivity index is 2.01. The molecule has 2 aromatic rings. The summed E-state index contributed by atoms with van der Waals surface area (Å²) in [5.41, 5.74) is 1.09. The van der Waals surface area contributed by atoms with E-state index in [4.69, 9.17) is 22.4 Å². The van der Waals surface area contributed by atoms with Crippen molar-refractivity contribution in [2.45, 2.75) is 19.8 Å². The van der Waals surface area contributed by atoms with E-state index in [9.17, 15) is 14.4 Å². The highest BCUT2D eigenvalue weighted by molar-refractivity contribution is 8.26. The highest BCUT2D eigenvalue weighted by Crippen LogP contribution is 2.33. The maximum atomic E-state index is 13.1. The van der Waals surface area contributed by atoms with Crippen molar-refractivity contribution >= 4 is 57.7 Å². The lowest BCUT2D eigenvalue weighted by atomic mass is 10.2. The third-order valence-electron chi connectivity index (χ3n) is 4.41. The number of nitrogens with one attached hydrogen (secondary N) is 1. The standard InChI is InChI=1S/C19H20N4O5S2/c1-11-4-2-7-22-16(11)21-15(20-6-9-24)12(17(22)27)10-13-18(28)23(19(29)30-13)8-3-5-14(25)26/h2,4,7,10,20,24H,3,5-6,8-9H2,1H3,(H,25,26). The molecule has 30 heavy (non-hydrogen) atoms. The van der Waals surface area contributed by atoms with Gasteiger partial charge >= 0.3 is 5.97 Å². The van der Waals surface area contributed by atoms with E-state index in [1.54, 1.807) is 12.3 Å². The third-order valence-corrected chi connectivity index (χ3v) is 5.79. The molecule has 3 rings (SSSR count). The van der Waals surface area contributed by atoms with Crippen LogP contribution in [0.3, 0.4) is 0 Å². The van der Waals surface area contributed by atoms with E-state index >= 15 is 0 Å². The lowest BCUT2D eigenvalue weighted by molar-refractivity contribution is -0.137. The fraction of sp³-hybridized carbons (Fsp3) is 0.316. The maximum absolute atomic E-state index is 13.1. The zero-order chi connectivity index (χ0) is 21.8. The Bertz CT molecular complexity index is 1110. The number of aromatic nitrogens is 2. The molecule has 0 spiro atoms. The summed E-state index contributed by atoms with van der Waals surface area (Å²) < 4.78 is 1.71. The van der Waals surface area contributed by atoms with E-state index in [0.717, 1.165) is 17.3 Å². The summed E-state index contributed by atoms with van der Waals surface area (Å²) in [5, 5.41) is 20.9. The van der Waals surface area contributed by atoms with Gasteiger partial charge < -0.3 is 15.5 Å². The van der Waals surface area contributed by atoms with Crippen molar-refractivity contribution in [1.29, 1.82) is 0 Å². The van der Waals surface area contributed by atoms with Gasteiger partial charge in [0.25, 0.3) is 11.5 Å². The summed E-state index contributed by atoms with van der Waals surface area (Å²) in [5.74, 6) is -1.06. The number of pyridine rings is 1. The molecule has 9 nitrogen and oxygen atoms in total. The zero-order valence-corrected chi connectivity index (χ0v) is 17.8. The molecule has 1 amide bonds. The number of carbonyl (C=O) groups is 2. The number of anilines is 1. The molecule has 3 N–H and O–H groups in total. The Hall–Kier alpha value is -2.76. The average Bonchev–Trinajstić information content (AvgIpc) is 2.96. The topological polar surface area (TPSA) is 124 Å². The van der Waals surface area contributed by atoms with E-state index < -0.39 is 5.97 Å². The molecule has 1 aliphatic rings. The first kappa shape index (κ1) is 21.9. The second kappa shape index (κ2) is 9.37. The van der Waals surface area contributed by atoms with Crippen LogP contribution in [0.15, 0.2) is 28.0 Å². The lowest BCUT2D eigenvalue weighted by Crippen LogP contribution is -2.29. The number of amides is 1. The first-order valence-electron chi connectivity index (χ1n) is 9.17. The number of carbonyl (C=O) groups excluding carboxylic acids is 1. The number of thiocarbonyl (C=S) groups is 1. The smallest absolute Gasteiger partial charge is 0.303 e. The van der Waals surface area contributed by atoms with Gasteiger partial charge in [-0.1, -0.05) is 30.0 Å². The number of nitrogens with zero attached hydrogens (tertiary/aromatic N) is 3. The van der Waals surface area contributed by atoms with E-state index in [1.165, 1.54) is 15.4 Å². The van der Waals surface area contributed by atoms with Crippen molar-refractivity contribution in [2.24, 2.45) is 0 Å². The van der Waals surface area contributed by atoms with Crippen molar-refractivity contribution < 1.29 is 19.8 Å². The quantitative estimate of drug-likeness (QED) is 0.407. The van der Waals surface area contributed by atoms with Crippen LogP contribution in [0.5, 0.6) is 0 Å². The number of hydrogen-bond donors (Lipinski definition) is 3. The molecule has 11 heteroatoms. The van der Waals surface area contributed by atoms with E-state index in [0.29, 0.717) is 9.97 Å². The number of hydrogen-bond acceptors (Lipinski definition) is 8. The molecular formula is C19H20N4O5S2. The molecule has 0 atom stereocenters. The Kier molecular flexibility index (Phi) is 6.85. The molecule has 2 aromatic heterocycles. The average molecular weight is 449 g/mol. The molecule has 0 bridgehead atoms. The van der Waals surface area contributed by atoms with E-state index in [2.05, 4.69) is 10.3 Å². The molecule has 1 fully saturated rings. The van der Waals surface area contributed by atoms with Crippen molar-refractivity contribution in [3.8, 4) is 0 Å². The second-order valence-corrected chi connectivity index (χ2v) is 8.22. The summed E-state index contributed by atoms with van der Waals surface area (Å²) in [6, 6.07) is 3.57. The van der Waals surface area contributed by atoms with Crippen LogP contribution in [0, 0.1) is 6.92 Å². The molecule has 158 valence electrons. The van der Waals surface area contributed by atoms with Crippen LogP contribution in [-0.4, -0.2) is 60.4 Å². The van der Waals surface area contributed by atoms with Gasteiger partial charge in [-0.3, -0.25) is 23.7 Å². The molecule has 0 aromatic carbocycles. The molecule has 0 unspecified atom stereocenters. The minimum absolute atomic E-state index is 0.0688. The van der Waals surface area contributed by atoms with Crippen LogP contribution >= 0.6 is 24.0 Å². The van der Waals surface area contributed by atoms with Gasteiger partial charge in [-0.05, 0) is 31.1 Å². The first-order chi connectivity index (χ1) is 14.3. The normalized spacial score (nSPS) is 15.4. The highest BCUT2D eigenvalue weighted by Gasteiger charge is 2.32.